The molecule has 0 aliphatic heterocycles. The van der Waals surface area contributed by atoms with E-state index in [1.54, 1.807) is 12.1 Å². The van der Waals surface area contributed by atoms with Crippen LogP contribution in [0.5, 0.6) is 0 Å². The first-order valence-electron chi connectivity index (χ1n) is 4.57. The molecule has 0 aromatic heterocycles. The number of halogens is 1. The second-order valence-corrected chi connectivity index (χ2v) is 3.60. The fraction of sp³-hybridized carbons (Fsp3) is 0.100. The molecule has 0 unspecified atom stereocenters. The summed E-state index contributed by atoms with van der Waals surface area (Å²) in [5, 5.41) is 2.29. The molecule has 0 fully saturated rings. The Labute approximate surface area is 102 Å². The highest BCUT2D eigenvalue weighted by Crippen LogP contribution is 2.14. The number of benzene rings is 1. The summed E-state index contributed by atoms with van der Waals surface area (Å²) < 4.78 is 0. The van der Waals surface area contributed by atoms with Crippen molar-refractivity contribution in [2.24, 2.45) is 11.5 Å². The van der Waals surface area contributed by atoms with Crippen molar-refractivity contribution in [1.29, 1.82) is 0 Å². The molecule has 0 atom stereocenters. The number of hydrogen-bond acceptors (Lipinski definition) is 3. The van der Waals surface area contributed by atoms with E-state index in [2.05, 4.69) is 5.32 Å². The second-order valence-electron chi connectivity index (χ2n) is 3.19. The second kappa shape index (κ2) is 5.31. The van der Waals surface area contributed by atoms with E-state index in [0.717, 1.165) is 0 Å². The van der Waals surface area contributed by atoms with E-state index in [4.69, 9.17) is 23.1 Å². The lowest BCUT2D eigenvalue weighted by Crippen LogP contribution is -2.52. The quantitative estimate of drug-likeness (QED) is 0.625. The summed E-state index contributed by atoms with van der Waals surface area (Å²) in [7, 11) is 0. The third-order valence-corrected chi connectivity index (χ3v) is 2.29. The predicted octanol–water partition coefficient (Wildman–Crippen LogP) is -0.591. The smallest absolute Gasteiger partial charge is 0.253 e. The first-order chi connectivity index (χ1) is 7.93. The van der Waals surface area contributed by atoms with Crippen molar-refractivity contribution in [2.75, 3.05) is 0 Å². The molecule has 90 valence electrons. The topological polar surface area (TPSA) is 115 Å². The van der Waals surface area contributed by atoms with Crippen LogP contribution >= 0.6 is 11.6 Å². The van der Waals surface area contributed by atoms with Gasteiger partial charge in [0.25, 0.3) is 5.91 Å². The summed E-state index contributed by atoms with van der Waals surface area (Å²) >= 11 is 5.77. The first-order valence-corrected chi connectivity index (χ1v) is 4.95. The van der Waals surface area contributed by atoms with Crippen LogP contribution in [0, 0.1) is 0 Å². The number of amides is 3. The normalized spacial score (nSPS) is 10.0. The maximum Gasteiger partial charge on any atom is 0.253 e. The zero-order valence-electron chi connectivity index (χ0n) is 8.64. The SMILES string of the molecule is NC(=O)C(NC(=O)c1ccccc1Cl)C(N)=O. The Hall–Kier alpha value is -2.08. The highest BCUT2D eigenvalue weighted by Gasteiger charge is 2.24. The molecule has 7 heteroatoms. The van der Waals surface area contributed by atoms with Crippen LogP contribution in [-0.4, -0.2) is 23.8 Å². The van der Waals surface area contributed by atoms with Crippen LogP contribution in [-0.2, 0) is 9.59 Å². The van der Waals surface area contributed by atoms with Crippen LogP contribution in [0.3, 0.4) is 0 Å². The number of carbonyl (C=O) groups excluding carboxylic acids is 3. The molecule has 0 heterocycles. The number of primary amides is 2. The number of nitrogens with two attached hydrogens (primary N) is 2. The molecular weight excluding hydrogens is 246 g/mol. The van der Waals surface area contributed by atoms with Gasteiger partial charge in [-0.15, -0.1) is 0 Å². The van der Waals surface area contributed by atoms with Crippen molar-refractivity contribution in [3.05, 3.63) is 34.9 Å². The van der Waals surface area contributed by atoms with Gasteiger partial charge in [0.2, 0.25) is 11.8 Å². The Balaban J connectivity index is 2.89. The van der Waals surface area contributed by atoms with Crippen molar-refractivity contribution >= 4 is 29.3 Å². The molecule has 0 aliphatic rings. The van der Waals surface area contributed by atoms with Crippen LogP contribution in [0.1, 0.15) is 10.4 Å². The molecule has 1 aromatic carbocycles. The van der Waals surface area contributed by atoms with Crippen molar-refractivity contribution in [2.45, 2.75) is 6.04 Å². The van der Waals surface area contributed by atoms with E-state index < -0.39 is 23.8 Å². The number of nitrogens with one attached hydrogen (secondary N) is 1. The molecular formula is C10H10ClN3O3. The molecule has 5 N–H and O–H groups in total. The van der Waals surface area contributed by atoms with E-state index in [-0.39, 0.29) is 10.6 Å². The van der Waals surface area contributed by atoms with Crippen molar-refractivity contribution in [1.82, 2.24) is 5.32 Å². The fourth-order valence-electron chi connectivity index (χ4n) is 1.14. The minimum atomic E-state index is -1.56. The maximum atomic E-state index is 11.7. The standard InChI is InChI=1S/C10H10ClN3O3/c11-6-4-2-1-3-5(6)10(17)14-7(8(12)15)9(13)16/h1-4,7H,(H2,12,15)(H2,13,16)(H,14,17). The van der Waals surface area contributed by atoms with E-state index in [9.17, 15) is 14.4 Å². The molecule has 0 saturated heterocycles. The summed E-state index contributed by atoms with van der Waals surface area (Å²) in [6.45, 7) is 0. The Kier molecular flexibility index (Phi) is 4.06. The Morgan fingerprint density at radius 2 is 1.65 bits per heavy atom. The van der Waals surface area contributed by atoms with Crippen LogP contribution in [0.25, 0.3) is 0 Å². The van der Waals surface area contributed by atoms with Gasteiger partial charge in [0.05, 0.1) is 10.6 Å². The lowest BCUT2D eigenvalue weighted by Gasteiger charge is -2.12. The highest BCUT2D eigenvalue weighted by molar-refractivity contribution is 6.34. The molecule has 6 nitrogen and oxygen atoms in total. The molecule has 1 rings (SSSR count). The predicted molar refractivity (Wildman–Crippen MR) is 61.1 cm³/mol. The van der Waals surface area contributed by atoms with Crippen LogP contribution < -0.4 is 16.8 Å². The molecule has 17 heavy (non-hydrogen) atoms. The summed E-state index contributed by atoms with van der Waals surface area (Å²) in [6.07, 6.45) is 0. The molecule has 0 saturated carbocycles. The van der Waals surface area contributed by atoms with Crippen LogP contribution in [0.4, 0.5) is 0 Å². The summed E-state index contributed by atoms with van der Waals surface area (Å²) in [5.41, 5.74) is 9.96. The third-order valence-electron chi connectivity index (χ3n) is 1.96. The van der Waals surface area contributed by atoms with E-state index in [1.165, 1.54) is 12.1 Å². The number of rotatable bonds is 4. The van der Waals surface area contributed by atoms with Gasteiger partial charge in [-0.3, -0.25) is 14.4 Å². The Morgan fingerprint density at radius 3 is 2.12 bits per heavy atom. The zero-order valence-corrected chi connectivity index (χ0v) is 9.40. The Morgan fingerprint density at radius 1 is 1.12 bits per heavy atom. The zero-order chi connectivity index (χ0) is 13.0. The summed E-state index contributed by atoms with van der Waals surface area (Å²) in [5.74, 6) is -2.76. The van der Waals surface area contributed by atoms with E-state index in [1.807, 2.05) is 0 Å². The van der Waals surface area contributed by atoms with Gasteiger partial charge in [-0.1, -0.05) is 23.7 Å². The summed E-state index contributed by atoms with van der Waals surface area (Å²) in [6, 6.07) is 4.61. The largest absolute Gasteiger partial charge is 0.367 e. The van der Waals surface area contributed by atoms with Crippen molar-refractivity contribution < 1.29 is 14.4 Å². The molecule has 3 amide bonds. The van der Waals surface area contributed by atoms with Gasteiger partial charge in [0.15, 0.2) is 6.04 Å². The van der Waals surface area contributed by atoms with Gasteiger partial charge < -0.3 is 16.8 Å². The monoisotopic (exact) mass is 255 g/mol. The third kappa shape index (κ3) is 3.18. The number of hydrogen-bond donors (Lipinski definition) is 3. The summed E-state index contributed by atoms with van der Waals surface area (Å²) in [4.78, 5) is 33.4. The van der Waals surface area contributed by atoms with Crippen molar-refractivity contribution in [3.8, 4) is 0 Å². The maximum absolute atomic E-state index is 11.7. The lowest BCUT2D eigenvalue weighted by atomic mass is 10.2. The van der Waals surface area contributed by atoms with Crippen LogP contribution in [0.15, 0.2) is 24.3 Å². The Bertz CT molecular complexity index is 462. The van der Waals surface area contributed by atoms with E-state index >= 15 is 0 Å². The molecule has 0 aliphatic carbocycles. The van der Waals surface area contributed by atoms with Gasteiger partial charge in [-0.2, -0.15) is 0 Å². The minimum Gasteiger partial charge on any atom is -0.367 e. The average molecular weight is 256 g/mol. The molecule has 0 radical (unpaired) electrons. The molecule has 0 bridgehead atoms. The first kappa shape index (κ1) is 13.0. The van der Waals surface area contributed by atoms with Crippen LogP contribution in [0.2, 0.25) is 5.02 Å². The van der Waals surface area contributed by atoms with Crippen molar-refractivity contribution in [3.63, 3.8) is 0 Å². The molecule has 0 spiro atoms. The fourth-order valence-corrected chi connectivity index (χ4v) is 1.36. The van der Waals surface area contributed by atoms with Gasteiger partial charge >= 0.3 is 0 Å². The average Bonchev–Trinajstić information content (AvgIpc) is 2.25. The van der Waals surface area contributed by atoms with Gasteiger partial charge in [-0.05, 0) is 12.1 Å². The number of carbonyl (C=O) groups is 3. The van der Waals surface area contributed by atoms with Gasteiger partial charge in [0, 0.05) is 0 Å². The van der Waals surface area contributed by atoms with E-state index in [0.29, 0.717) is 0 Å². The molecule has 1 aromatic rings. The lowest BCUT2D eigenvalue weighted by molar-refractivity contribution is -0.128. The van der Waals surface area contributed by atoms with Gasteiger partial charge in [-0.25, -0.2) is 0 Å². The van der Waals surface area contributed by atoms with Gasteiger partial charge in [0.1, 0.15) is 0 Å². The highest BCUT2D eigenvalue weighted by atomic mass is 35.5. The minimum absolute atomic E-state index is 0.127.